The van der Waals surface area contributed by atoms with Gasteiger partial charge in [0.15, 0.2) is 0 Å². The normalized spacial score (nSPS) is 15.4. The summed E-state index contributed by atoms with van der Waals surface area (Å²) in [6.07, 6.45) is 2.07. The van der Waals surface area contributed by atoms with Gasteiger partial charge in [0.1, 0.15) is 11.3 Å². The van der Waals surface area contributed by atoms with E-state index >= 15 is 0 Å². The quantitative estimate of drug-likeness (QED) is 0.757. The molecule has 2 aromatic rings. The van der Waals surface area contributed by atoms with Crippen molar-refractivity contribution in [2.75, 3.05) is 39.4 Å². The summed E-state index contributed by atoms with van der Waals surface area (Å²) in [5.41, 5.74) is 1.95. The highest BCUT2D eigenvalue weighted by atomic mass is 16.5. The van der Waals surface area contributed by atoms with Crippen molar-refractivity contribution in [3.63, 3.8) is 0 Å². The second kappa shape index (κ2) is 8.87. The van der Waals surface area contributed by atoms with Crippen molar-refractivity contribution >= 4 is 17.0 Å². The highest BCUT2D eigenvalue weighted by molar-refractivity contribution is 5.82. The van der Waals surface area contributed by atoms with Crippen LogP contribution in [-0.2, 0) is 11.3 Å². The van der Waals surface area contributed by atoms with E-state index in [0.717, 1.165) is 68.0 Å². The van der Waals surface area contributed by atoms with E-state index in [1.54, 1.807) is 0 Å². The third kappa shape index (κ3) is 4.96. The summed E-state index contributed by atoms with van der Waals surface area (Å²) in [6, 6.07) is 7.77. The number of benzene rings is 1. The highest BCUT2D eigenvalue weighted by Gasteiger charge is 2.11. The summed E-state index contributed by atoms with van der Waals surface area (Å²) < 4.78 is 11.1. The summed E-state index contributed by atoms with van der Waals surface area (Å²) in [7, 11) is 0. The number of furan rings is 1. The minimum absolute atomic E-state index is 0.147. The maximum absolute atomic E-state index is 11.9. The first-order valence-corrected chi connectivity index (χ1v) is 9.03. The molecule has 1 aromatic carbocycles. The largest absolute Gasteiger partial charge is 0.459 e. The van der Waals surface area contributed by atoms with E-state index in [4.69, 9.17) is 9.15 Å². The van der Waals surface area contributed by atoms with E-state index in [-0.39, 0.29) is 6.03 Å². The Kier molecular flexibility index (Phi) is 6.30. The molecule has 25 heavy (non-hydrogen) atoms. The van der Waals surface area contributed by atoms with Gasteiger partial charge in [0.2, 0.25) is 0 Å². The fourth-order valence-electron chi connectivity index (χ4n) is 3.10. The lowest BCUT2D eigenvalue weighted by Gasteiger charge is -2.26. The van der Waals surface area contributed by atoms with Gasteiger partial charge in [-0.05, 0) is 32.4 Å². The van der Waals surface area contributed by atoms with E-state index in [0.29, 0.717) is 13.1 Å². The molecule has 1 fully saturated rings. The van der Waals surface area contributed by atoms with Gasteiger partial charge in [-0.1, -0.05) is 18.2 Å². The number of nitrogens with one attached hydrogen (secondary N) is 2. The van der Waals surface area contributed by atoms with Gasteiger partial charge >= 0.3 is 6.03 Å². The van der Waals surface area contributed by atoms with Crippen LogP contribution in [0.1, 0.15) is 24.2 Å². The van der Waals surface area contributed by atoms with Crippen LogP contribution in [0.15, 0.2) is 28.7 Å². The van der Waals surface area contributed by atoms with Gasteiger partial charge in [-0.3, -0.25) is 4.90 Å². The van der Waals surface area contributed by atoms with Crippen LogP contribution in [0.2, 0.25) is 0 Å². The van der Waals surface area contributed by atoms with Crippen LogP contribution < -0.4 is 10.6 Å². The molecule has 0 bridgehead atoms. The second-order valence-electron chi connectivity index (χ2n) is 6.42. The van der Waals surface area contributed by atoms with Gasteiger partial charge in [0.05, 0.1) is 19.8 Å². The molecule has 6 heteroatoms. The van der Waals surface area contributed by atoms with Crippen LogP contribution in [0.5, 0.6) is 0 Å². The minimum Gasteiger partial charge on any atom is -0.459 e. The van der Waals surface area contributed by atoms with Crippen molar-refractivity contribution < 1.29 is 13.9 Å². The van der Waals surface area contributed by atoms with Gasteiger partial charge in [-0.25, -0.2) is 4.79 Å². The Balaban J connectivity index is 1.33. The minimum atomic E-state index is -0.147. The van der Waals surface area contributed by atoms with E-state index in [2.05, 4.69) is 15.5 Å². The molecule has 0 radical (unpaired) electrons. The lowest BCUT2D eigenvalue weighted by atomic mass is 10.1. The number of carbonyl (C=O) groups excluding carboxylic acids is 1. The Morgan fingerprint density at radius 3 is 2.76 bits per heavy atom. The molecular formula is C19H27N3O3. The molecule has 3 rings (SSSR count). The number of unbranched alkanes of at least 4 members (excludes halogenated alkanes) is 1. The van der Waals surface area contributed by atoms with Crippen molar-refractivity contribution in [1.29, 1.82) is 0 Å². The second-order valence-corrected chi connectivity index (χ2v) is 6.42. The molecule has 0 aliphatic carbocycles. The summed E-state index contributed by atoms with van der Waals surface area (Å²) >= 11 is 0. The molecule has 1 saturated heterocycles. The number of rotatable bonds is 7. The van der Waals surface area contributed by atoms with Crippen LogP contribution >= 0.6 is 0 Å². The molecule has 2 N–H and O–H groups in total. The predicted octanol–water partition coefficient (Wildman–Crippen LogP) is 2.65. The molecule has 0 atom stereocenters. The van der Waals surface area contributed by atoms with Crippen molar-refractivity contribution in [3.05, 3.63) is 35.6 Å². The number of fused-ring (bicyclic) bond motifs is 1. The molecule has 136 valence electrons. The Bertz CT molecular complexity index is 692. The van der Waals surface area contributed by atoms with E-state index in [9.17, 15) is 4.79 Å². The van der Waals surface area contributed by atoms with Gasteiger partial charge < -0.3 is 19.8 Å². The molecule has 2 amide bonds. The molecule has 0 spiro atoms. The number of carbonyl (C=O) groups is 1. The topological polar surface area (TPSA) is 66.7 Å². The monoisotopic (exact) mass is 345 g/mol. The van der Waals surface area contributed by atoms with Crippen molar-refractivity contribution in [1.82, 2.24) is 15.5 Å². The SMILES string of the molecule is Cc1c(CNC(=O)NCCCCN2CCOCC2)oc2ccccc12. The average molecular weight is 345 g/mol. The number of morpholine rings is 1. The van der Waals surface area contributed by atoms with Crippen LogP contribution in [0.3, 0.4) is 0 Å². The van der Waals surface area contributed by atoms with Gasteiger partial charge in [0.25, 0.3) is 0 Å². The van der Waals surface area contributed by atoms with Crippen molar-refractivity contribution in [2.45, 2.75) is 26.3 Å². The number of nitrogens with zero attached hydrogens (tertiary/aromatic N) is 1. The van der Waals surface area contributed by atoms with Crippen LogP contribution in [0.25, 0.3) is 11.0 Å². The summed E-state index contributed by atoms with van der Waals surface area (Å²) in [6.45, 7) is 7.89. The van der Waals surface area contributed by atoms with Crippen LogP contribution in [0.4, 0.5) is 4.79 Å². The number of amides is 2. The molecule has 0 unspecified atom stereocenters. The smallest absolute Gasteiger partial charge is 0.315 e. The molecule has 1 aromatic heterocycles. The zero-order chi connectivity index (χ0) is 17.5. The molecular weight excluding hydrogens is 318 g/mol. The molecule has 1 aliphatic rings. The number of para-hydroxylation sites is 1. The first kappa shape index (κ1) is 17.8. The first-order valence-electron chi connectivity index (χ1n) is 9.03. The fourth-order valence-corrected chi connectivity index (χ4v) is 3.10. The maximum atomic E-state index is 11.9. The Morgan fingerprint density at radius 1 is 1.16 bits per heavy atom. The molecule has 1 aliphatic heterocycles. The number of urea groups is 1. The lowest BCUT2D eigenvalue weighted by molar-refractivity contribution is 0.0372. The number of hydrogen-bond acceptors (Lipinski definition) is 4. The van der Waals surface area contributed by atoms with Crippen LogP contribution in [0, 0.1) is 6.92 Å². The third-order valence-corrected chi connectivity index (χ3v) is 4.64. The molecule has 0 saturated carbocycles. The lowest BCUT2D eigenvalue weighted by Crippen LogP contribution is -2.38. The van der Waals surface area contributed by atoms with E-state index in [1.165, 1.54) is 0 Å². The molecule has 2 heterocycles. The standard InChI is InChI=1S/C19H27N3O3/c1-15-16-6-2-3-7-17(16)25-18(15)14-21-19(23)20-8-4-5-9-22-10-12-24-13-11-22/h2-3,6-7H,4-5,8-14H2,1H3,(H2,20,21,23). The van der Waals surface area contributed by atoms with Gasteiger partial charge in [0, 0.05) is 30.6 Å². The maximum Gasteiger partial charge on any atom is 0.315 e. The summed E-state index contributed by atoms with van der Waals surface area (Å²) in [5, 5.41) is 6.88. The number of hydrogen-bond donors (Lipinski definition) is 2. The summed E-state index contributed by atoms with van der Waals surface area (Å²) in [4.78, 5) is 14.3. The van der Waals surface area contributed by atoms with E-state index in [1.807, 2.05) is 31.2 Å². The zero-order valence-electron chi connectivity index (χ0n) is 14.8. The fraction of sp³-hybridized carbons (Fsp3) is 0.526. The summed E-state index contributed by atoms with van der Waals surface area (Å²) in [5.74, 6) is 0.809. The molecule has 6 nitrogen and oxygen atoms in total. The first-order chi connectivity index (χ1) is 12.2. The number of aryl methyl sites for hydroxylation is 1. The highest BCUT2D eigenvalue weighted by Crippen LogP contribution is 2.24. The number of ether oxygens (including phenoxy) is 1. The van der Waals surface area contributed by atoms with Crippen molar-refractivity contribution in [2.24, 2.45) is 0 Å². The predicted molar refractivity (Wildman–Crippen MR) is 97.7 cm³/mol. The Morgan fingerprint density at radius 2 is 1.96 bits per heavy atom. The van der Waals surface area contributed by atoms with Crippen LogP contribution in [-0.4, -0.2) is 50.3 Å². The average Bonchev–Trinajstić information content (AvgIpc) is 2.97. The Labute approximate surface area is 148 Å². The van der Waals surface area contributed by atoms with Crippen molar-refractivity contribution in [3.8, 4) is 0 Å². The van der Waals surface area contributed by atoms with Gasteiger partial charge in [-0.15, -0.1) is 0 Å². The Hall–Kier alpha value is -2.05. The van der Waals surface area contributed by atoms with Gasteiger partial charge in [-0.2, -0.15) is 0 Å². The van der Waals surface area contributed by atoms with E-state index < -0.39 is 0 Å². The third-order valence-electron chi connectivity index (χ3n) is 4.64. The zero-order valence-corrected chi connectivity index (χ0v) is 14.8.